The van der Waals surface area contributed by atoms with Gasteiger partial charge in [-0.3, -0.25) is 19.3 Å². The third-order valence-corrected chi connectivity index (χ3v) is 7.09. The molecule has 38 heavy (non-hydrogen) atoms. The number of amides is 3. The number of hydrogen-bond acceptors (Lipinski definition) is 3. The molecule has 0 fully saturated rings. The summed E-state index contributed by atoms with van der Waals surface area (Å²) < 4.78 is 40.4. The zero-order valence-electron chi connectivity index (χ0n) is 22.6. The topological polar surface area (TPSA) is 83.7 Å². The highest BCUT2D eigenvalue weighted by Gasteiger charge is 2.52. The largest absolute Gasteiger partial charge is 0.416 e. The van der Waals surface area contributed by atoms with Crippen molar-refractivity contribution in [2.45, 2.75) is 58.5 Å². The Balaban J connectivity index is 2.11. The summed E-state index contributed by atoms with van der Waals surface area (Å²) in [4.78, 5) is 42.4. The Labute approximate surface area is 221 Å². The molecule has 0 aliphatic carbocycles. The van der Waals surface area contributed by atoms with E-state index < -0.39 is 34.9 Å². The first-order chi connectivity index (χ1) is 17.5. The lowest BCUT2D eigenvalue weighted by Gasteiger charge is -2.41. The monoisotopic (exact) mass is 529 g/mol. The van der Waals surface area contributed by atoms with Gasteiger partial charge in [0.2, 0.25) is 11.8 Å². The van der Waals surface area contributed by atoms with Crippen LogP contribution in [0.4, 0.5) is 18.9 Å². The number of primary amides is 1. The lowest BCUT2D eigenvalue weighted by atomic mass is 9.71. The van der Waals surface area contributed by atoms with Crippen LogP contribution in [-0.2, 0) is 32.4 Å². The van der Waals surface area contributed by atoms with Crippen LogP contribution in [0, 0.1) is 5.41 Å². The number of likely N-dealkylation sites (N-methyl/N-ethyl adjacent to an activating group) is 1. The predicted octanol–water partition coefficient (Wildman–Crippen LogP) is 5.21. The summed E-state index contributed by atoms with van der Waals surface area (Å²) in [5, 5.41) is 0. The summed E-state index contributed by atoms with van der Waals surface area (Å²) in [7, 11) is 3.05. The fourth-order valence-corrected chi connectivity index (χ4v) is 4.68. The predicted molar refractivity (Wildman–Crippen MR) is 140 cm³/mol. The van der Waals surface area contributed by atoms with Crippen LogP contribution in [0.25, 0.3) is 0 Å². The summed E-state index contributed by atoms with van der Waals surface area (Å²) in [5.74, 6) is -2.13. The van der Waals surface area contributed by atoms with E-state index in [1.807, 2.05) is 24.3 Å². The van der Waals surface area contributed by atoms with Gasteiger partial charge in [0.25, 0.3) is 5.91 Å². The molecule has 0 radical (unpaired) electrons. The van der Waals surface area contributed by atoms with Crippen molar-refractivity contribution < 1.29 is 27.6 Å². The van der Waals surface area contributed by atoms with E-state index in [-0.39, 0.29) is 35.2 Å². The molecule has 1 unspecified atom stereocenters. The summed E-state index contributed by atoms with van der Waals surface area (Å²) in [6, 6.07) is 12.1. The van der Waals surface area contributed by atoms with Gasteiger partial charge in [-0.05, 0) is 54.5 Å². The number of allylic oxidation sites excluding steroid dienone is 1. The van der Waals surface area contributed by atoms with Crippen molar-refractivity contribution in [3.63, 3.8) is 0 Å². The molecule has 2 aromatic carbocycles. The van der Waals surface area contributed by atoms with Gasteiger partial charge in [0, 0.05) is 37.5 Å². The number of carbonyl (C=O) groups is 3. The van der Waals surface area contributed by atoms with Gasteiger partial charge in [0.05, 0.1) is 5.56 Å². The van der Waals surface area contributed by atoms with E-state index in [1.54, 1.807) is 0 Å². The minimum Gasteiger partial charge on any atom is -0.369 e. The van der Waals surface area contributed by atoms with Crippen LogP contribution in [0.15, 0.2) is 59.8 Å². The first kappa shape index (κ1) is 28.9. The van der Waals surface area contributed by atoms with E-state index in [4.69, 9.17) is 5.73 Å². The number of hydrogen-bond donors (Lipinski definition) is 1. The molecule has 1 aliphatic heterocycles. The molecule has 1 heterocycles. The molecule has 1 aliphatic rings. The summed E-state index contributed by atoms with van der Waals surface area (Å²) >= 11 is 0. The summed E-state index contributed by atoms with van der Waals surface area (Å²) in [6.07, 6.45) is -4.59. The Kier molecular flexibility index (Phi) is 7.82. The first-order valence-corrected chi connectivity index (χ1v) is 12.3. The van der Waals surface area contributed by atoms with Crippen LogP contribution in [0.3, 0.4) is 0 Å². The number of halogens is 3. The number of anilines is 1. The number of rotatable bonds is 6. The van der Waals surface area contributed by atoms with E-state index in [9.17, 15) is 27.6 Å². The van der Waals surface area contributed by atoms with E-state index in [1.165, 1.54) is 38.1 Å². The number of nitrogens with two attached hydrogens (primary N) is 1. The lowest BCUT2D eigenvalue weighted by Crippen LogP contribution is -2.55. The first-order valence-electron chi connectivity index (χ1n) is 12.3. The van der Waals surface area contributed by atoms with E-state index in [0.717, 1.165) is 28.2 Å². The average Bonchev–Trinajstić information content (AvgIpc) is 2.82. The molecule has 3 amide bonds. The number of aryl methyl sites for hydroxylation is 1. The van der Waals surface area contributed by atoms with Crippen molar-refractivity contribution in [2.75, 3.05) is 19.0 Å². The smallest absolute Gasteiger partial charge is 0.369 e. The maximum Gasteiger partial charge on any atom is 0.416 e. The zero-order chi connectivity index (χ0) is 28.6. The Bertz CT molecular complexity index is 1270. The van der Waals surface area contributed by atoms with Gasteiger partial charge in [0.15, 0.2) is 0 Å². The number of benzene rings is 2. The fourth-order valence-electron chi connectivity index (χ4n) is 4.68. The van der Waals surface area contributed by atoms with Crippen molar-refractivity contribution in [3.05, 3.63) is 76.5 Å². The van der Waals surface area contributed by atoms with Crippen molar-refractivity contribution in [1.82, 2.24) is 4.90 Å². The molecule has 0 spiro atoms. The minimum absolute atomic E-state index is 0.0109. The van der Waals surface area contributed by atoms with Crippen LogP contribution in [-0.4, -0.2) is 36.7 Å². The summed E-state index contributed by atoms with van der Waals surface area (Å²) in [5.41, 5.74) is 5.22. The second kappa shape index (κ2) is 10.3. The fraction of sp³-hybridized carbons (Fsp3) is 0.414. The molecule has 204 valence electrons. The third kappa shape index (κ3) is 5.61. The highest BCUT2D eigenvalue weighted by atomic mass is 19.4. The standard InChI is InChI=1S/C29H34F3N3O3/c1-18-23(24(36)34(5)6)17-28(25(33)37,15-14-19-10-12-20(13-11-19)27(2,3)4)26(38)35(18)22-9-7-8-21(16-22)29(30,31)32/h7-13,16H,14-15,17H2,1-6H3,(H2,33,37). The molecule has 3 rings (SSSR count). The molecule has 9 heteroatoms. The van der Waals surface area contributed by atoms with Crippen LogP contribution in [0.2, 0.25) is 0 Å². The molecule has 6 nitrogen and oxygen atoms in total. The Morgan fingerprint density at radius 2 is 1.63 bits per heavy atom. The van der Waals surface area contributed by atoms with Gasteiger partial charge in [-0.1, -0.05) is 51.1 Å². The molecule has 0 saturated heterocycles. The van der Waals surface area contributed by atoms with Gasteiger partial charge < -0.3 is 10.6 Å². The normalized spacial score (nSPS) is 18.6. The van der Waals surface area contributed by atoms with Crippen molar-refractivity contribution >= 4 is 23.4 Å². The van der Waals surface area contributed by atoms with Crippen LogP contribution >= 0.6 is 0 Å². The Morgan fingerprint density at radius 1 is 1.03 bits per heavy atom. The number of alkyl halides is 3. The lowest BCUT2D eigenvalue weighted by molar-refractivity contribution is -0.142. The van der Waals surface area contributed by atoms with E-state index in [0.29, 0.717) is 6.42 Å². The van der Waals surface area contributed by atoms with Gasteiger partial charge >= 0.3 is 6.18 Å². The second-order valence-electron chi connectivity index (χ2n) is 11.0. The number of carbonyl (C=O) groups excluding carboxylic acids is 3. The molecular weight excluding hydrogens is 495 g/mol. The van der Waals surface area contributed by atoms with Crippen molar-refractivity contribution in [1.29, 1.82) is 0 Å². The molecule has 0 aromatic heterocycles. The molecular formula is C29H34F3N3O3. The molecule has 0 saturated carbocycles. The SMILES string of the molecule is CC1=C(C(=O)N(C)C)CC(CCc2ccc(C(C)(C)C)cc2)(C(N)=O)C(=O)N1c1cccc(C(F)(F)F)c1. The highest BCUT2D eigenvalue weighted by molar-refractivity contribution is 6.16. The van der Waals surface area contributed by atoms with Crippen LogP contribution < -0.4 is 10.6 Å². The van der Waals surface area contributed by atoms with Crippen molar-refractivity contribution in [2.24, 2.45) is 11.1 Å². The quantitative estimate of drug-likeness (QED) is 0.522. The van der Waals surface area contributed by atoms with Gasteiger partial charge in [-0.2, -0.15) is 13.2 Å². The summed E-state index contributed by atoms with van der Waals surface area (Å²) in [6.45, 7) is 7.76. The van der Waals surface area contributed by atoms with Crippen LogP contribution in [0.5, 0.6) is 0 Å². The van der Waals surface area contributed by atoms with Gasteiger partial charge in [0.1, 0.15) is 5.41 Å². The van der Waals surface area contributed by atoms with Crippen molar-refractivity contribution in [3.8, 4) is 0 Å². The van der Waals surface area contributed by atoms with E-state index in [2.05, 4.69) is 20.8 Å². The third-order valence-electron chi connectivity index (χ3n) is 7.09. The van der Waals surface area contributed by atoms with E-state index >= 15 is 0 Å². The average molecular weight is 530 g/mol. The van der Waals surface area contributed by atoms with Gasteiger partial charge in [-0.25, -0.2) is 0 Å². The Hall–Kier alpha value is -3.62. The molecule has 0 bridgehead atoms. The highest BCUT2D eigenvalue weighted by Crippen LogP contribution is 2.44. The van der Waals surface area contributed by atoms with Gasteiger partial charge in [-0.15, -0.1) is 0 Å². The zero-order valence-corrected chi connectivity index (χ0v) is 22.6. The minimum atomic E-state index is -4.64. The number of nitrogens with zero attached hydrogens (tertiary/aromatic N) is 2. The maximum absolute atomic E-state index is 14.0. The molecule has 1 atom stereocenters. The van der Waals surface area contributed by atoms with Crippen LogP contribution in [0.1, 0.15) is 57.2 Å². The maximum atomic E-state index is 14.0. The second-order valence-corrected chi connectivity index (χ2v) is 11.0. The Morgan fingerprint density at radius 3 is 2.13 bits per heavy atom. The molecule has 2 N–H and O–H groups in total. The molecule has 2 aromatic rings.